The van der Waals surface area contributed by atoms with Crippen LogP contribution < -0.4 is 9.47 Å². The Balaban J connectivity index is 1.65. The molecule has 0 spiro atoms. The van der Waals surface area contributed by atoms with Crippen LogP contribution in [0.25, 0.3) is 17.5 Å². The van der Waals surface area contributed by atoms with E-state index in [-0.39, 0.29) is 0 Å². The summed E-state index contributed by atoms with van der Waals surface area (Å²) in [6, 6.07) is 15.6. The highest BCUT2D eigenvalue weighted by molar-refractivity contribution is 7.99. The first-order valence-corrected chi connectivity index (χ1v) is 8.69. The van der Waals surface area contributed by atoms with Crippen molar-refractivity contribution in [2.75, 3.05) is 20.0 Å². The van der Waals surface area contributed by atoms with Crippen LogP contribution in [0.3, 0.4) is 0 Å². The lowest BCUT2D eigenvalue weighted by Crippen LogP contribution is -1.90. The third-order valence-electron chi connectivity index (χ3n) is 3.46. The molecule has 0 atom stereocenters. The van der Waals surface area contributed by atoms with Gasteiger partial charge in [-0.2, -0.15) is 0 Å². The minimum absolute atomic E-state index is 0.425. The molecule has 0 amide bonds. The Kier molecular flexibility index (Phi) is 5.74. The van der Waals surface area contributed by atoms with Gasteiger partial charge in [0, 0.05) is 11.8 Å². The van der Waals surface area contributed by atoms with Crippen molar-refractivity contribution in [3.8, 4) is 23.0 Å². The van der Waals surface area contributed by atoms with Gasteiger partial charge in [0.25, 0.3) is 11.1 Å². The van der Waals surface area contributed by atoms with E-state index in [0.717, 1.165) is 16.9 Å². The summed E-state index contributed by atoms with van der Waals surface area (Å²) in [4.78, 5) is 0. The van der Waals surface area contributed by atoms with E-state index in [0.29, 0.717) is 22.6 Å². The molecule has 3 rings (SSSR count). The highest BCUT2D eigenvalue weighted by Crippen LogP contribution is 2.33. The van der Waals surface area contributed by atoms with Crippen molar-refractivity contribution in [1.29, 1.82) is 0 Å². The van der Waals surface area contributed by atoms with E-state index in [9.17, 15) is 0 Å². The van der Waals surface area contributed by atoms with Crippen molar-refractivity contribution < 1.29 is 13.9 Å². The molecule has 1 heterocycles. The number of methoxy groups -OCH3 is 2. The molecular weight excluding hydrogens is 336 g/mol. The Morgan fingerprint density at radius 3 is 2.64 bits per heavy atom. The Hall–Kier alpha value is -2.73. The number of aromatic nitrogens is 2. The number of ether oxygens (including phenoxy) is 2. The first-order valence-electron chi connectivity index (χ1n) is 7.70. The van der Waals surface area contributed by atoms with E-state index in [1.165, 1.54) is 11.8 Å². The standard InChI is InChI=1S/C19H18N2O3S/c1-22-15-10-11-16(17(13-15)23-2)18-20-21-19(24-18)25-12-6-9-14-7-4-3-5-8-14/h3-11,13H,12H2,1-2H3/b9-6+. The zero-order valence-electron chi connectivity index (χ0n) is 14.0. The van der Waals surface area contributed by atoms with E-state index < -0.39 is 0 Å². The number of nitrogens with zero attached hydrogens (tertiary/aromatic N) is 2. The van der Waals surface area contributed by atoms with Crippen LogP contribution in [0.1, 0.15) is 5.56 Å². The predicted molar refractivity (Wildman–Crippen MR) is 99.0 cm³/mol. The maximum Gasteiger partial charge on any atom is 0.277 e. The summed E-state index contributed by atoms with van der Waals surface area (Å²) in [6.45, 7) is 0. The van der Waals surface area contributed by atoms with Gasteiger partial charge in [-0.3, -0.25) is 0 Å². The van der Waals surface area contributed by atoms with Gasteiger partial charge in [-0.05, 0) is 17.7 Å². The van der Waals surface area contributed by atoms with Gasteiger partial charge in [0.1, 0.15) is 11.5 Å². The van der Waals surface area contributed by atoms with Crippen LogP contribution in [-0.4, -0.2) is 30.2 Å². The molecule has 0 saturated carbocycles. The normalized spacial score (nSPS) is 11.0. The lowest BCUT2D eigenvalue weighted by Gasteiger charge is -2.07. The lowest BCUT2D eigenvalue weighted by atomic mass is 10.2. The van der Waals surface area contributed by atoms with Crippen LogP contribution >= 0.6 is 11.8 Å². The summed E-state index contributed by atoms with van der Waals surface area (Å²) in [5.74, 6) is 2.51. The molecule has 3 aromatic rings. The van der Waals surface area contributed by atoms with Crippen LogP contribution in [0, 0.1) is 0 Å². The molecule has 0 aliphatic rings. The van der Waals surface area contributed by atoms with Crippen molar-refractivity contribution in [3.63, 3.8) is 0 Å². The number of thioether (sulfide) groups is 1. The summed E-state index contributed by atoms with van der Waals surface area (Å²) in [5.41, 5.74) is 1.90. The Morgan fingerprint density at radius 1 is 1.04 bits per heavy atom. The third-order valence-corrected chi connectivity index (χ3v) is 4.23. The summed E-state index contributed by atoms with van der Waals surface area (Å²) in [6.07, 6.45) is 4.13. The van der Waals surface area contributed by atoms with Crippen molar-refractivity contribution in [1.82, 2.24) is 10.2 Å². The van der Waals surface area contributed by atoms with Gasteiger partial charge in [-0.25, -0.2) is 0 Å². The minimum atomic E-state index is 0.425. The molecule has 25 heavy (non-hydrogen) atoms. The molecule has 5 nitrogen and oxygen atoms in total. The van der Waals surface area contributed by atoms with Gasteiger partial charge in [-0.1, -0.05) is 54.2 Å². The second-order valence-electron chi connectivity index (χ2n) is 5.06. The Morgan fingerprint density at radius 2 is 1.88 bits per heavy atom. The van der Waals surface area contributed by atoms with Crippen LogP contribution in [0.4, 0.5) is 0 Å². The van der Waals surface area contributed by atoms with Gasteiger partial charge >= 0.3 is 0 Å². The molecule has 0 unspecified atom stereocenters. The van der Waals surface area contributed by atoms with Crippen LogP contribution in [0.15, 0.2) is 64.2 Å². The van der Waals surface area contributed by atoms with Gasteiger partial charge in [0.05, 0.1) is 19.8 Å². The maximum absolute atomic E-state index is 5.72. The van der Waals surface area contributed by atoms with Crippen molar-refractivity contribution in [2.45, 2.75) is 5.22 Å². The van der Waals surface area contributed by atoms with E-state index >= 15 is 0 Å². The number of rotatable bonds is 7. The van der Waals surface area contributed by atoms with Crippen LogP contribution in [0.5, 0.6) is 11.5 Å². The van der Waals surface area contributed by atoms with E-state index in [1.807, 2.05) is 30.3 Å². The quantitative estimate of drug-likeness (QED) is 0.580. The highest BCUT2D eigenvalue weighted by Gasteiger charge is 2.14. The van der Waals surface area contributed by atoms with Gasteiger partial charge in [0.2, 0.25) is 0 Å². The molecule has 6 heteroatoms. The van der Waals surface area contributed by atoms with E-state index in [2.05, 4.69) is 34.5 Å². The average Bonchev–Trinajstić information content (AvgIpc) is 3.14. The van der Waals surface area contributed by atoms with Gasteiger partial charge in [0.15, 0.2) is 0 Å². The monoisotopic (exact) mass is 354 g/mol. The molecule has 0 aliphatic carbocycles. The summed E-state index contributed by atoms with van der Waals surface area (Å²) < 4.78 is 16.3. The topological polar surface area (TPSA) is 57.4 Å². The predicted octanol–water partition coefficient (Wildman–Crippen LogP) is 4.56. The molecule has 0 N–H and O–H groups in total. The number of hydrogen-bond donors (Lipinski definition) is 0. The molecule has 0 saturated heterocycles. The number of benzene rings is 2. The fourth-order valence-corrected chi connectivity index (χ4v) is 2.79. The second kappa shape index (κ2) is 8.39. The zero-order valence-corrected chi connectivity index (χ0v) is 14.8. The van der Waals surface area contributed by atoms with Crippen molar-refractivity contribution in [2.24, 2.45) is 0 Å². The largest absolute Gasteiger partial charge is 0.497 e. The average molecular weight is 354 g/mol. The first-order chi connectivity index (χ1) is 12.3. The Bertz CT molecular complexity index is 847. The maximum atomic E-state index is 5.72. The molecule has 0 fully saturated rings. The SMILES string of the molecule is COc1ccc(-c2nnc(SC/C=C/c3ccccc3)o2)c(OC)c1. The Labute approximate surface area is 150 Å². The molecule has 128 valence electrons. The summed E-state index contributed by atoms with van der Waals surface area (Å²) in [5, 5.41) is 8.70. The molecule has 2 aromatic carbocycles. The second-order valence-corrected chi connectivity index (χ2v) is 6.03. The van der Waals surface area contributed by atoms with Crippen LogP contribution in [-0.2, 0) is 0 Å². The van der Waals surface area contributed by atoms with Gasteiger partial charge < -0.3 is 13.9 Å². The summed E-state index contributed by atoms with van der Waals surface area (Å²) >= 11 is 1.48. The molecule has 1 aromatic heterocycles. The zero-order chi connectivity index (χ0) is 17.5. The minimum Gasteiger partial charge on any atom is -0.497 e. The van der Waals surface area contributed by atoms with Crippen LogP contribution in [0.2, 0.25) is 0 Å². The van der Waals surface area contributed by atoms with Crippen molar-refractivity contribution >= 4 is 17.8 Å². The molecule has 0 radical (unpaired) electrons. The lowest BCUT2D eigenvalue weighted by molar-refractivity contribution is 0.393. The van der Waals surface area contributed by atoms with E-state index in [4.69, 9.17) is 13.9 Å². The number of hydrogen-bond acceptors (Lipinski definition) is 6. The smallest absolute Gasteiger partial charge is 0.277 e. The fourth-order valence-electron chi connectivity index (χ4n) is 2.22. The first kappa shape index (κ1) is 17.1. The highest BCUT2D eigenvalue weighted by atomic mass is 32.2. The molecular formula is C19H18N2O3S. The van der Waals surface area contributed by atoms with E-state index in [1.54, 1.807) is 20.3 Å². The third kappa shape index (κ3) is 4.42. The van der Waals surface area contributed by atoms with Crippen molar-refractivity contribution in [3.05, 3.63) is 60.2 Å². The van der Waals surface area contributed by atoms with Gasteiger partial charge in [-0.15, -0.1) is 10.2 Å². The molecule has 0 bridgehead atoms. The molecule has 0 aliphatic heterocycles. The fraction of sp³-hybridized carbons (Fsp3) is 0.158. The summed E-state index contributed by atoms with van der Waals surface area (Å²) in [7, 11) is 3.21.